The lowest BCUT2D eigenvalue weighted by atomic mass is 9.98. The molecular formula is C23H29FN4O. The Labute approximate surface area is 172 Å². The molecule has 0 radical (unpaired) electrons. The third-order valence-electron chi connectivity index (χ3n) is 5.63. The minimum atomic E-state index is -0.267. The average molecular weight is 397 g/mol. The maximum Gasteiger partial charge on any atom is 0.138 e. The predicted molar refractivity (Wildman–Crippen MR) is 116 cm³/mol. The van der Waals surface area contributed by atoms with Gasteiger partial charge in [-0.15, -0.1) is 0 Å². The quantitative estimate of drug-likeness (QED) is 0.805. The van der Waals surface area contributed by atoms with E-state index in [1.165, 1.54) is 17.7 Å². The first-order valence-electron chi connectivity index (χ1n) is 10.3. The molecule has 2 aliphatic rings. The highest BCUT2D eigenvalue weighted by atomic mass is 19.1. The normalized spacial score (nSPS) is 18.6. The molecule has 4 rings (SSSR count). The van der Waals surface area contributed by atoms with Crippen LogP contribution in [0.1, 0.15) is 37.3 Å². The summed E-state index contributed by atoms with van der Waals surface area (Å²) in [4.78, 5) is 7.36. The fourth-order valence-electron chi connectivity index (χ4n) is 3.95. The second kappa shape index (κ2) is 8.51. The Morgan fingerprint density at radius 3 is 2.86 bits per heavy atom. The van der Waals surface area contributed by atoms with E-state index in [2.05, 4.69) is 47.6 Å². The van der Waals surface area contributed by atoms with Gasteiger partial charge in [0.25, 0.3) is 0 Å². The molecule has 0 unspecified atom stereocenters. The lowest BCUT2D eigenvalue weighted by molar-refractivity contribution is 0.168. The zero-order chi connectivity index (χ0) is 20.4. The van der Waals surface area contributed by atoms with Crippen LogP contribution in [0.4, 0.5) is 21.5 Å². The zero-order valence-electron chi connectivity index (χ0n) is 17.3. The average Bonchev–Trinajstić information content (AvgIpc) is 2.88. The number of fused-ring (bicyclic) bond motifs is 2. The number of nitrogens with one attached hydrogen (secondary N) is 2. The molecule has 1 saturated heterocycles. The molecule has 0 bridgehead atoms. The van der Waals surface area contributed by atoms with Crippen LogP contribution in [-0.4, -0.2) is 50.1 Å². The molecule has 0 aliphatic carbocycles. The second-order valence-corrected chi connectivity index (χ2v) is 8.06. The van der Waals surface area contributed by atoms with Crippen molar-refractivity contribution < 1.29 is 9.13 Å². The zero-order valence-corrected chi connectivity index (χ0v) is 17.3. The van der Waals surface area contributed by atoms with Crippen LogP contribution in [0.3, 0.4) is 0 Å². The number of amidine groups is 1. The number of hydrogen-bond acceptors (Lipinski definition) is 5. The molecule has 2 heterocycles. The summed E-state index contributed by atoms with van der Waals surface area (Å²) in [5.41, 5.74) is 4.76. The Morgan fingerprint density at radius 2 is 2.07 bits per heavy atom. The summed E-state index contributed by atoms with van der Waals surface area (Å²) in [6.45, 7) is 7.76. The van der Waals surface area contributed by atoms with Crippen LogP contribution in [0.2, 0.25) is 0 Å². The molecule has 6 heteroatoms. The minimum Gasteiger partial charge on any atom is -0.385 e. The second-order valence-electron chi connectivity index (χ2n) is 8.06. The Morgan fingerprint density at radius 1 is 1.21 bits per heavy atom. The smallest absolute Gasteiger partial charge is 0.138 e. The van der Waals surface area contributed by atoms with E-state index in [1.807, 2.05) is 0 Å². The van der Waals surface area contributed by atoms with Crippen molar-refractivity contribution in [3.63, 3.8) is 0 Å². The Bertz CT molecular complexity index is 912. The Kier molecular flexibility index (Phi) is 5.83. The van der Waals surface area contributed by atoms with Crippen molar-refractivity contribution in [2.45, 2.75) is 32.2 Å². The SMILES string of the molecule is COCC[C@H]1CN(C2=Nc3ccc(F)cc3Nc3ccc(C(C)C)cc32)CCN1. The number of piperazine rings is 1. The van der Waals surface area contributed by atoms with Gasteiger partial charge in [0.15, 0.2) is 0 Å². The van der Waals surface area contributed by atoms with Crippen LogP contribution in [0.5, 0.6) is 0 Å². The number of benzene rings is 2. The largest absolute Gasteiger partial charge is 0.385 e. The first kappa shape index (κ1) is 19.9. The first-order valence-corrected chi connectivity index (χ1v) is 10.3. The van der Waals surface area contributed by atoms with Gasteiger partial charge in [0.05, 0.1) is 11.4 Å². The van der Waals surface area contributed by atoms with Crippen molar-refractivity contribution in [2.24, 2.45) is 4.99 Å². The van der Waals surface area contributed by atoms with E-state index < -0.39 is 0 Å². The fourth-order valence-corrected chi connectivity index (χ4v) is 3.95. The number of ether oxygens (including phenoxy) is 1. The number of hydrogen-bond donors (Lipinski definition) is 2. The van der Waals surface area contributed by atoms with Crippen LogP contribution in [0, 0.1) is 5.82 Å². The summed E-state index contributed by atoms with van der Waals surface area (Å²) < 4.78 is 19.1. The van der Waals surface area contributed by atoms with Gasteiger partial charge >= 0.3 is 0 Å². The van der Waals surface area contributed by atoms with E-state index >= 15 is 0 Å². The van der Waals surface area contributed by atoms with Gasteiger partial charge in [-0.1, -0.05) is 19.9 Å². The van der Waals surface area contributed by atoms with Gasteiger partial charge in [0, 0.05) is 50.6 Å². The molecule has 2 aliphatic heterocycles. The summed E-state index contributed by atoms with van der Waals surface area (Å²) in [6, 6.07) is 11.5. The predicted octanol–water partition coefficient (Wildman–Crippen LogP) is 4.39. The van der Waals surface area contributed by atoms with Crippen LogP contribution < -0.4 is 10.6 Å². The first-order chi connectivity index (χ1) is 14.0. The number of anilines is 2. The van der Waals surface area contributed by atoms with E-state index in [0.717, 1.165) is 55.4 Å². The Hall–Kier alpha value is -2.44. The summed E-state index contributed by atoms with van der Waals surface area (Å²) >= 11 is 0. The van der Waals surface area contributed by atoms with Crippen LogP contribution in [0.15, 0.2) is 41.4 Å². The molecule has 2 N–H and O–H groups in total. The van der Waals surface area contributed by atoms with Gasteiger partial charge in [0.2, 0.25) is 0 Å². The molecule has 154 valence electrons. The lowest BCUT2D eigenvalue weighted by Gasteiger charge is -2.36. The molecule has 0 aromatic heterocycles. The minimum absolute atomic E-state index is 0.267. The third kappa shape index (κ3) is 4.28. The maximum atomic E-state index is 13.9. The van der Waals surface area contributed by atoms with Gasteiger partial charge in [-0.2, -0.15) is 0 Å². The summed E-state index contributed by atoms with van der Waals surface area (Å²) in [5.74, 6) is 1.10. The van der Waals surface area contributed by atoms with Crippen LogP contribution in [0.25, 0.3) is 0 Å². The molecule has 5 nitrogen and oxygen atoms in total. The summed E-state index contributed by atoms with van der Waals surface area (Å²) in [5, 5.41) is 6.98. The molecular weight excluding hydrogens is 367 g/mol. The highest BCUT2D eigenvalue weighted by Gasteiger charge is 2.27. The molecule has 29 heavy (non-hydrogen) atoms. The van der Waals surface area contributed by atoms with E-state index in [4.69, 9.17) is 9.73 Å². The van der Waals surface area contributed by atoms with Gasteiger partial charge in [-0.3, -0.25) is 0 Å². The fraction of sp³-hybridized carbons (Fsp3) is 0.435. The van der Waals surface area contributed by atoms with Gasteiger partial charge < -0.3 is 20.3 Å². The van der Waals surface area contributed by atoms with E-state index in [1.54, 1.807) is 13.2 Å². The van der Waals surface area contributed by atoms with Gasteiger partial charge in [0.1, 0.15) is 11.7 Å². The topological polar surface area (TPSA) is 48.9 Å². The summed E-state index contributed by atoms with van der Waals surface area (Å²) in [6.07, 6.45) is 0.958. The lowest BCUT2D eigenvalue weighted by Crippen LogP contribution is -2.53. The number of methoxy groups -OCH3 is 1. The van der Waals surface area contributed by atoms with Gasteiger partial charge in [-0.25, -0.2) is 9.38 Å². The highest BCUT2D eigenvalue weighted by Crippen LogP contribution is 2.36. The van der Waals surface area contributed by atoms with E-state index in [9.17, 15) is 4.39 Å². The van der Waals surface area contributed by atoms with Gasteiger partial charge in [-0.05, 0) is 48.2 Å². The molecule has 2 aromatic rings. The molecule has 1 fully saturated rings. The van der Waals surface area contributed by atoms with Crippen molar-refractivity contribution in [1.82, 2.24) is 10.2 Å². The van der Waals surface area contributed by atoms with Crippen molar-refractivity contribution in [2.75, 3.05) is 38.7 Å². The third-order valence-corrected chi connectivity index (χ3v) is 5.63. The van der Waals surface area contributed by atoms with Crippen molar-refractivity contribution >= 4 is 22.9 Å². The van der Waals surface area contributed by atoms with Crippen molar-refractivity contribution in [3.05, 3.63) is 53.3 Å². The number of aliphatic imine (C=N–C) groups is 1. The highest BCUT2D eigenvalue weighted by molar-refractivity contribution is 6.08. The molecule has 0 amide bonds. The van der Waals surface area contributed by atoms with E-state index in [0.29, 0.717) is 17.6 Å². The van der Waals surface area contributed by atoms with E-state index in [-0.39, 0.29) is 5.82 Å². The van der Waals surface area contributed by atoms with Crippen molar-refractivity contribution in [3.8, 4) is 0 Å². The standard InChI is InChI=1S/C23H29FN4O/c1-15(2)16-4-6-20-19(12-16)23(27-21-7-5-17(24)13-22(21)26-20)28-10-9-25-18(14-28)8-11-29-3/h4-7,12-13,15,18,25-26H,8-11,14H2,1-3H3/t18-/m0/s1. The number of rotatable bonds is 4. The molecule has 0 spiro atoms. The number of halogens is 1. The molecule has 0 saturated carbocycles. The summed E-state index contributed by atoms with van der Waals surface area (Å²) in [7, 11) is 1.74. The van der Waals surface area contributed by atoms with Crippen LogP contribution >= 0.6 is 0 Å². The number of nitrogens with zero attached hydrogens (tertiary/aromatic N) is 2. The Balaban J connectivity index is 1.77. The van der Waals surface area contributed by atoms with Crippen molar-refractivity contribution in [1.29, 1.82) is 0 Å². The molecule has 2 aromatic carbocycles. The van der Waals surface area contributed by atoms with Crippen LogP contribution in [-0.2, 0) is 4.74 Å². The molecule has 1 atom stereocenters. The maximum absolute atomic E-state index is 13.9. The monoisotopic (exact) mass is 396 g/mol.